The summed E-state index contributed by atoms with van der Waals surface area (Å²) in [7, 11) is 0. The molecule has 0 fully saturated rings. The van der Waals surface area contributed by atoms with Crippen LogP contribution in [0.3, 0.4) is 0 Å². The lowest BCUT2D eigenvalue weighted by atomic mass is 9.92. The molecule has 0 aliphatic heterocycles. The fourth-order valence-electron chi connectivity index (χ4n) is 2.67. The van der Waals surface area contributed by atoms with Crippen LogP contribution in [-0.4, -0.2) is 0 Å². The van der Waals surface area contributed by atoms with E-state index >= 15 is 0 Å². The second kappa shape index (κ2) is 5.47. The molecule has 106 valence electrons. The molecule has 3 aromatic rings. The molecule has 1 atom stereocenters. The van der Waals surface area contributed by atoms with Crippen molar-refractivity contribution >= 4 is 22.4 Å². The molecule has 0 bridgehead atoms. The summed E-state index contributed by atoms with van der Waals surface area (Å²) in [6.45, 7) is 2.00. The van der Waals surface area contributed by atoms with Crippen molar-refractivity contribution in [2.24, 2.45) is 5.73 Å². The van der Waals surface area contributed by atoms with Gasteiger partial charge in [0.15, 0.2) is 0 Å². The Balaban J connectivity index is 2.20. The summed E-state index contributed by atoms with van der Waals surface area (Å²) in [5.41, 5.74) is 9.35. The van der Waals surface area contributed by atoms with Crippen LogP contribution >= 0.6 is 11.6 Å². The van der Waals surface area contributed by atoms with E-state index < -0.39 is 0 Å². The molecule has 0 amide bonds. The molecule has 0 radical (unpaired) electrons. The van der Waals surface area contributed by atoms with E-state index in [-0.39, 0.29) is 11.9 Å². The van der Waals surface area contributed by atoms with Gasteiger partial charge in [-0.1, -0.05) is 48.0 Å². The highest BCUT2D eigenvalue weighted by molar-refractivity contribution is 6.30. The molecule has 3 aromatic carbocycles. The van der Waals surface area contributed by atoms with Gasteiger partial charge >= 0.3 is 0 Å². The van der Waals surface area contributed by atoms with Crippen LogP contribution in [0.4, 0.5) is 4.39 Å². The van der Waals surface area contributed by atoms with E-state index in [1.807, 2.05) is 43.3 Å². The Bertz CT molecular complexity index is 813. The van der Waals surface area contributed by atoms with Gasteiger partial charge in [0.05, 0.1) is 6.04 Å². The van der Waals surface area contributed by atoms with Crippen LogP contribution in [0.5, 0.6) is 0 Å². The Labute approximate surface area is 128 Å². The molecule has 0 aromatic heterocycles. The van der Waals surface area contributed by atoms with Gasteiger partial charge in [-0.25, -0.2) is 4.39 Å². The molecule has 0 aliphatic carbocycles. The maximum Gasteiger partial charge on any atom is 0.131 e. The van der Waals surface area contributed by atoms with E-state index in [2.05, 4.69) is 0 Å². The summed E-state index contributed by atoms with van der Waals surface area (Å²) in [6.07, 6.45) is 0. The number of nitrogens with two attached hydrogens (primary N) is 1. The van der Waals surface area contributed by atoms with E-state index in [0.717, 1.165) is 22.1 Å². The normalized spacial score (nSPS) is 12.6. The quantitative estimate of drug-likeness (QED) is 0.709. The molecule has 0 saturated carbocycles. The van der Waals surface area contributed by atoms with Crippen molar-refractivity contribution in [2.45, 2.75) is 13.0 Å². The Morgan fingerprint density at radius 1 is 0.952 bits per heavy atom. The molecule has 3 heteroatoms. The molecular weight excluding hydrogens is 285 g/mol. The monoisotopic (exact) mass is 299 g/mol. The minimum Gasteiger partial charge on any atom is -0.320 e. The highest BCUT2D eigenvalue weighted by Gasteiger charge is 2.16. The zero-order valence-electron chi connectivity index (χ0n) is 11.6. The van der Waals surface area contributed by atoms with Gasteiger partial charge in [0, 0.05) is 10.4 Å². The first-order chi connectivity index (χ1) is 10.1. The first kappa shape index (κ1) is 14.1. The van der Waals surface area contributed by atoms with Crippen LogP contribution in [-0.2, 0) is 0 Å². The van der Waals surface area contributed by atoms with Crippen LogP contribution < -0.4 is 5.73 Å². The number of rotatable bonds is 2. The van der Waals surface area contributed by atoms with Crippen LogP contribution in [0.2, 0.25) is 5.02 Å². The lowest BCUT2D eigenvalue weighted by molar-refractivity contribution is 0.639. The van der Waals surface area contributed by atoms with Crippen molar-refractivity contribution in [1.29, 1.82) is 0 Å². The highest BCUT2D eigenvalue weighted by Crippen LogP contribution is 2.31. The summed E-state index contributed by atoms with van der Waals surface area (Å²) in [4.78, 5) is 0. The van der Waals surface area contributed by atoms with E-state index in [1.165, 1.54) is 6.07 Å². The number of halogens is 2. The Morgan fingerprint density at radius 3 is 2.43 bits per heavy atom. The highest BCUT2D eigenvalue weighted by atomic mass is 35.5. The predicted molar refractivity (Wildman–Crippen MR) is 86.1 cm³/mol. The lowest BCUT2D eigenvalue weighted by Gasteiger charge is -2.18. The summed E-state index contributed by atoms with van der Waals surface area (Å²) in [6, 6.07) is 15.9. The smallest absolute Gasteiger partial charge is 0.131 e. The third-order valence-corrected chi connectivity index (χ3v) is 4.05. The third-order valence-electron chi connectivity index (χ3n) is 3.82. The van der Waals surface area contributed by atoms with Gasteiger partial charge in [-0.2, -0.15) is 0 Å². The fraction of sp³-hybridized carbons (Fsp3) is 0.111. The van der Waals surface area contributed by atoms with Gasteiger partial charge < -0.3 is 5.73 Å². The lowest BCUT2D eigenvalue weighted by Crippen LogP contribution is -2.14. The van der Waals surface area contributed by atoms with Crippen molar-refractivity contribution in [1.82, 2.24) is 0 Å². The van der Waals surface area contributed by atoms with Gasteiger partial charge in [0.25, 0.3) is 0 Å². The molecule has 2 N–H and O–H groups in total. The number of benzene rings is 3. The molecular formula is C18H15ClFN. The minimum atomic E-state index is -0.339. The predicted octanol–water partition coefficient (Wildman–Crippen LogP) is 4.99. The van der Waals surface area contributed by atoms with Crippen LogP contribution in [0.15, 0.2) is 54.6 Å². The molecule has 21 heavy (non-hydrogen) atoms. The number of hydrogen-bond acceptors (Lipinski definition) is 1. The number of hydrogen-bond donors (Lipinski definition) is 1. The SMILES string of the molecule is Cc1ccc(Cl)cc1C(N)c1ccc(F)c2ccccc12. The maximum absolute atomic E-state index is 13.9. The molecule has 1 nitrogen and oxygen atoms in total. The van der Waals surface area contributed by atoms with Crippen molar-refractivity contribution in [3.8, 4) is 0 Å². The zero-order valence-corrected chi connectivity index (χ0v) is 12.4. The summed E-state index contributed by atoms with van der Waals surface area (Å²) in [5.74, 6) is -0.232. The Kier molecular flexibility index (Phi) is 3.66. The van der Waals surface area contributed by atoms with Gasteiger partial charge in [0.2, 0.25) is 0 Å². The Morgan fingerprint density at radius 2 is 1.67 bits per heavy atom. The molecule has 0 spiro atoms. The van der Waals surface area contributed by atoms with Gasteiger partial charge in [-0.05, 0) is 47.2 Å². The Hall–Kier alpha value is -1.90. The van der Waals surface area contributed by atoms with E-state index in [9.17, 15) is 4.39 Å². The van der Waals surface area contributed by atoms with Gasteiger partial charge in [0.1, 0.15) is 5.82 Å². The molecule has 3 rings (SSSR count). The number of fused-ring (bicyclic) bond motifs is 1. The van der Waals surface area contributed by atoms with E-state index in [0.29, 0.717) is 10.4 Å². The van der Waals surface area contributed by atoms with Crippen molar-refractivity contribution in [3.63, 3.8) is 0 Å². The largest absolute Gasteiger partial charge is 0.320 e. The third kappa shape index (κ3) is 2.53. The van der Waals surface area contributed by atoms with Crippen LogP contribution in [0, 0.1) is 12.7 Å². The standard InChI is InChI=1S/C18H15ClFN/c1-11-6-7-12(19)10-16(11)18(21)15-8-9-17(20)14-5-3-2-4-13(14)15/h2-10,18H,21H2,1H3. The maximum atomic E-state index is 13.9. The second-order valence-electron chi connectivity index (χ2n) is 5.16. The first-order valence-electron chi connectivity index (χ1n) is 6.76. The summed E-state index contributed by atoms with van der Waals surface area (Å²) in [5, 5.41) is 2.08. The average Bonchev–Trinajstić information content (AvgIpc) is 2.50. The number of aryl methyl sites for hydroxylation is 1. The molecule has 0 aliphatic rings. The molecule has 0 heterocycles. The average molecular weight is 300 g/mol. The molecule has 1 unspecified atom stereocenters. The van der Waals surface area contributed by atoms with E-state index in [4.69, 9.17) is 17.3 Å². The van der Waals surface area contributed by atoms with Crippen molar-refractivity contribution in [2.75, 3.05) is 0 Å². The van der Waals surface area contributed by atoms with Crippen LogP contribution in [0.1, 0.15) is 22.7 Å². The first-order valence-corrected chi connectivity index (χ1v) is 7.14. The fourth-order valence-corrected chi connectivity index (χ4v) is 2.85. The van der Waals surface area contributed by atoms with Gasteiger partial charge in [-0.15, -0.1) is 0 Å². The van der Waals surface area contributed by atoms with Crippen molar-refractivity contribution < 1.29 is 4.39 Å². The zero-order chi connectivity index (χ0) is 15.0. The van der Waals surface area contributed by atoms with Gasteiger partial charge in [-0.3, -0.25) is 0 Å². The van der Waals surface area contributed by atoms with Crippen LogP contribution in [0.25, 0.3) is 10.8 Å². The van der Waals surface area contributed by atoms with E-state index in [1.54, 1.807) is 12.1 Å². The minimum absolute atomic E-state index is 0.232. The summed E-state index contributed by atoms with van der Waals surface area (Å²) >= 11 is 6.08. The topological polar surface area (TPSA) is 26.0 Å². The van der Waals surface area contributed by atoms with Crippen molar-refractivity contribution in [3.05, 3.63) is 82.1 Å². The molecule has 0 saturated heterocycles. The second-order valence-corrected chi connectivity index (χ2v) is 5.60. The summed E-state index contributed by atoms with van der Waals surface area (Å²) < 4.78 is 13.9.